The van der Waals surface area contributed by atoms with Gasteiger partial charge in [-0.05, 0) is 12.8 Å². The first kappa shape index (κ1) is 14.6. The number of nitrogens with one attached hydrogen (secondary N) is 2. The van der Waals surface area contributed by atoms with Gasteiger partial charge in [-0.3, -0.25) is 14.9 Å². The molecule has 0 aromatic heterocycles. The Kier molecular flexibility index (Phi) is 3.61. The maximum Gasteiger partial charge on any atom is 0.389 e. The highest BCUT2D eigenvalue weighted by atomic mass is 19.4. The van der Waals surface area contributed by atoms with Crippen LogP contribution in [0, 0.1) is 0 Å². The minimum atomic E-state index is -4.39. The highest BCUT2D eigenvalue weighted by Gasteiger charge is 2.49. The first-order valence-electron chi connectivity index (χ1n) is 6.20. The molecule has 2 heterocycles. The standard InChI is InChI=1S/C11H14F3N3O3/c12-11(13,14)4-2-7(18)17-5-1-3-10(6-17)8(19)15-9(20)16-10/h1-6H2,(H2,15,16,19,20). The topological polar surface area (TPSA) is 78.5 Å². The third-order valence-electron chi connectivity index (χ3n) is 3.48. The Morgan fingerprint density at radius 3 is 2.60 bits per heavy atom. The number of piperidine rings is 1. The van der Waals surface area contributed by atoms with E-state index in [0.717, 1.165) is 0 Å². The van der Waals surface area contributed by atoms with Gasteiger partial charge in [0.15, 0.2) is 0 Å². The van der Waals surface area contributed by atoms with Crippen molar-refractivity contribution in [3.05, 3.63) is 0 Å². The summed E-state index contributed by atoms with van der Waals surface area (Å²) in [6.45, 7) is 0.211. The summed E-state index contributed by atoms with van der Waals surface area (Å²) < 4.78 is 36.3. The molecule has 1 spiro atoms. The SMILES string of the molecule is O=C1NC(=O)C2(CCCN(C(=O)CCC(F)(F)F)C2)N1. The lowest BCUT2D eigenvalue weighted by atomic mass is 9.89. The van der Waals surface area contributed by atoms with Gasteiger partial charge < -0.3 is 10.2 Å². The average molecular weight is 293 g/mol. The number of urea groups is 1. The molecule has 2 aliphatic rings. The predicted molar refractivity (Wildman–Crippen MR) is 60.5 cm³/mol. The number of hydrogen-bond donors (Lipinski definition) is 2. The zero-order chi connectivity index (χ0) is 15.0. The molecule has 1 unspecified atom stereocenters. The molecule has 2 rings (SSSR count). The van der Waals surface area contributed by atoms with Crippen LogP contribution in [-0.4, -0.2) is 47.6 Å². The molecule has 9 heteroatoms. The Hall–Kier alpha value is -1.80. The van der Waals surface area contributed by atoms with Crippen molar-refractivity contribution >= 4 is 17.8 Å². The van der Waals surface area contributed by atoms with Gasteiger partial charge in [-0.25, -0.2) is 4.79 Å². The van der Waals surface area contributed by atoms with E-state index in [2.05, 4.69) is 10.6 Å². The van der Waals surface area contributed by atoms with Crippen LogP contribution in [0.3, 0.4) is 0 Å². The Morgan fingerprint density at radius 1 is 1.35 bits per heavy atom. The molecule has 112 valence electrons. The Labute approximate surface area is 112 Å². The number of amides is 4. The van der Waals surface area contributed by atoms with Crippen molar-refractivity contribution < 1.29 is 27.6 Å². The monoisotopic (exact) mass is 293 g/mol. The van der Waals surface area contributed by atoms with Crippen LogP contribution in [0.15, 0.2) is 0 Å². The van der Waals surface area contributed by atoms with Crippen LogP contribution in [0.2, 0.25) is 0 Å². The number of alkyl halides is 3. The number of carbonyl (C=O) groups is 3. The summed E-state index contributed by atoms with van der Waals surface area (Å²) in [5.74, 6) is -1.19. The van der Waals surface area contributed by atoms with E-state index in [1.165, 1.54) is 4.90 Å². The van der Waals surface area contributed by atoms with Crippen molar-refractivity contribution in [1.29, 1.82) is 0 Å². The van der Waals surface area contributed by atoms with Crippen LogP contribution in [0.5, 0.6) is 0 Å². The van der Waals surface area contributed by atoms with Crippen molar-refractivity contribution in [2.45, 2.75) is 37.4 Å². The van der Waals surface area contributed by atoms with Gasteiger partial charge in [0.05, 0.1) is 13.0 Å². The van der Waals surface area contributed by atoms with Crippen LogP contribution in [-0.2, 0) is 9.59 Å². The number of carbonyl (C=O) groups excluding carboxylic acids is 3. The average Bonchev–Trinajstić information content (AvgIpc) is 2.60. The van der Waals surface area contributed by atoms with Crippen molar-refractivity contribution in [3.8, 4) is 0 Å². The highest BCUT2D eigenvalue weighted by molar-refractivity contribution is 6.07. The van der Waals surface area contributed by atoms with E-state index in [1.807, 2.05) is 0 Å². The molecule has 0 radical (unpaired) electrons. The first-order valence-corrected chi connectivity index (χ1v) is 6.20. The van der Waals surface area contributed by atoms with Gasteiger partial charge >= 0.3 is 12.2 Å². The van der Waals surface area contributed by atoms with E-state index in [-0.39, 0.29) is 6.54 Å². The van der Waals surface area contributed by atoms with Gasteiger partial charge in [0.2, 0.25) is 5.91 Å². The van der Waals surface area contributed by atoms with Gasteiger partial charge in [-0.1, -0.05) is 0 Å². The summed E-state index contributed by atoms with van der Waals surface area (Å²) in [5.41, 5.74) is -1.19. The van der Waals surface area contributed by atoms with Gasteiger partial charge in [-0.15, -0.1) is 0 Å². The lowest BCUT2D eigenvalue weighted by molar-refractivity contribution is -0.151. The summed E-state index contributed by atoms with van der Waals surface area (Å²) in [6, 6.07) is -0.639. The zero-order valence-electron chi connectivity index (χ0n) is 10.5. The molecule has 2 N–H and O–H groups in total. The Balaban J connectivity index is 1.99. The molecular formula is C11H14F3N3O3. The van der Waals surface area contributed by atoms with E-state index >= 15 is 0 Å². The molecule has 6 nitrogen and oxygen atoms in total. The van der Waals surface area contributed by atoms with Gasteiger partial charge in [0, 0.05) is 13.0 Å². The number of nitrogens with zero attached hydrogens (tertiary/aromatic N) is 1. The number of rotatable bonds is 2. The summed E-state index contributed by atoms with van der Waals surface area (Å²) in [4.78, 5) is 35.9. The van der Waals surface area contributed by atoms with E-state index in [1.54, 1.807) is 0 Å². The first-order chi connectivity index (χ1) is 9.22. The minimum Gasteiger partial charge on any atom is -0.340 e. The van der Waals surface area contributed by atoms with Crippen LogP contribution in [0.25, 0.3) is 0 Å². The van der Waals surface area contributed by atoms with E-state index in [4.69, 9.17) is 0 Å². The summed E-state index contributed by atoms with van der Waals surface area (Å²) in [5, 5.41) is 4.55. The Morgan fingerprint density at radius 2 is 2.05 bits per heavy atom. The highest BCUT2D eigenvalue weighted by Crippen LogP contribution is 2.26. The summed E-state index contributed by atoms with van der Waals surface area (Å²) in [6.07, 6.45) is -5.40. The lowest BCUT2D eigenvalue weighted by Gasteiger charge is -2.38. The molecule has 0 aromatic rings. The minimum absolute atomic E-state index is 0.0821. The van der Waals surface area contributed by atoms with Crippen LogP contribution in [0.1, 0.15) is 25.7 Å². The second-order valence-electron chi connectivity index (χ2n) is 5.02. The smallest absolute Gasteiger partial charge is 0.340 e. The second-order valence-corrected chi connectivity index (χ2v) is 5.02. The quantitative estimate of drug-likeness (QED) is 0.729. The number of imide groups is 1. The largest absolute Gasteiger partial charge is 0.389 e. The van der Waals surface area contributed by atoms with Crippen molar-refractivity contribution in [1.82, 2.24) is 15.5 Å². The molecule has 2 aliphatic heterocycles. The van der Waals surface area contributed by atoms with Crippen LogP contribution >= 0.6 is 0 Å². The molecule has 1 atom stereocenters. The zero-order valence-corrected chi connectivity index (χ0v) is 10.5. The van der Waals surface area contributed by atoms with E-state index < -0.39 is 42.4 Å². The van der Waals surface area contributed by atoms with Gasteiger partial charge in [0.1, 0.15) is 5.54 Å². The molecule has 20 heavy (non-hydrogen) atoms. The predicted octanol–water partition coefficient (Wildman–Crippen LogP) is 0.529. The molecule has 0 aromatic carbocycles. The number of hydrogen-bond acceptors (Lipinski definition) is 3. The van der Waals surface area contributed by atoms with E-state index in [9.17, 15) is 27.6 Å². The second kappa shape index (κ2) is 4.95. The lowest BCUT2D eigenvalue weighted by Crippen LogP contribution is -2.59. The van der Waals surface area contributed by atoms with Gasteiger partial charge in [-0.2, -0.15) is 13.2 Å². The third kappa shape index (κ3) is 3.02. The fraction of sp³-hybridized carbons (Fsp3) is 0.727. The Bertz CT molecular complexity index is 452. The summed E-state index contributed by atoms with van der Waals surface area (Å²) >= 11 is 0. The molecule has 0 aliphatic carbocycles. The molecular weight excluding hydrogens is 279 g/mol. The maximum atomic E-state index is 12.1. The van der Waals surface area contributed by atoms with Crippen molar-refractivity contribution in [2.24, 2.45) is 0 Å². The fourth-order valence-electron chi connectivity index (χ4n) is 2.49. The third-order valence-corrected chi connectivity index (χ3v) is 3.48. The van der Waals surface area contributed by atoms with Crippen LogP contribution < -0.4 is 10.6 Å². The molecule has 0 bridgehead atoms. The van der Waals surface area contributed by atoms with Crippen LogP contribution in [0.4, 0.5) is 18.0 Å². The number of likely N-dealkylation sites (tertiary alicyclic amines) is 1. The maximum absolute atomic E-state index is 12.1. The summed E-state index contributed by atoms with van der Waals surface area (Å²) in [7, 11) is 0. The van der Waals surface area contributed by atoms with Crippen molar-refractivity contribution in [2.75, 3.05) is 13.1 Å². The van der Waals surface area contributed by atoms with E-state index in [0.29, 0.717) is 19.4 Å². The number of halogens is 3. The molecule has 2 saturated heterocycles. The van der Waals surface area contributed by atoms with Gasteiger partial charge in [0.25, 0.3) is 5.91 Å². The fourth-order valence-corrected chi connectivity index (χ4v) is 2.49. The molecule has 4 amide bonds. The molecule has 0 saturated carbocycles. The molecule has 2 fully saturated rings. The van der Waals surface area contributed by atoms with Crippen molar-refractivity contribution in [3.63, 3.8) is 0 Å². The normalized spacial score (nSPS) is 26.6.